The largest absolute Gasteiger partial charge is 0.340 e. The summed E-state index contributed by atoms with van der Waals surface area (Å²) >= 11 is 4.37. The number of carbonyl (C=O) groups is 1. The molecular weight excluding hydrogens is 232 g/mol. The van der Waals surface area contributed by atoms with E-state index in [9.17, 15) is 4.79 Å². The maximum atomic E-state index is 12.2. The highest BCUT2D eigenvalue weighted by molar-refractivity contribution is 7.80. The second-order valence-corrected chi connectivity index (χ2v) is 5.87. The first-order valence-corrected chi connectivity index (χ1v) is 7.43. The summed E-state index contributed by atoms with van der Waals surface area (Å²) in [7, 11) is 0. The molecule has 0 atom stereocenters. The van der Waals surface area contributed by atoms with Gasteiger partial charge in [-0.25, -0.2) is 0 Å². The molecule has 1 heterocycles. The molecule has 17 heavy (non-hydrogen) atoms. The third kappa shape index (κ3) is 3.38. The number of carbonyl (C=O) groups excluding carboxylic acids is 1. The summed E-state index contributed by atoms with van der Waals surface area (Å²) in [6, 6.07) is 0. The van der Waals surface area contributed by atoms with Gasteiger partial charge in [-0.05, 0) is 37.0 Å². The Hall–Kier alpha value is -0.220. The van der Waals surface area contributed by atoms with Crippen LogP contribution >= 0.6 is 12.6 Å². The quantitative estimate of drug-likeness (QED) is 0.756. The van der Waals surface area contributed by atoms with Crippen LogP contribution in [0.15, 0.2) is 0 Å². The van der Waals surface area contributed by atoms with Gasteiger partial charge in [0.15, 0.2) is 0 Å². The average Bonchev–Trinajstić information content (AvgIpc) is 3.11. The SMILES string of the molecule is CCCN1CCN(C(=O)CC2(CS)CC2)CC1. The second kappa shape index (κ2) is 5.61. The fourth-order valence-electron chi connectivity index (χ4n) is 2.54. The molecule has 0 unspecified atom stereocenters. The van der Waals surface area contributed by atoms with Gasteiger partial charge in [-0.1, -0.05) is 6.92 Å². The lowest BCUT2D eigenvalue weighted by molar-refractivity contribution is -0.134. The lowest BCUT2D eigenvalue weighted by Crippen LogP contribution is -2.49. The highest BCUT2D eigenvalue weighted by Gasteiger charge is 2.43. The minimum atomic E-state index is 0.265. The summed E-state index contributed by atoms with van der Waals surface area (Å²) in [5.41, 5.74) is 0.265. The molecule has 0 aromatic carbocycles. The van der Waals surface area contributed by atoms with Crippen molar-refractivity contribution >= 4 is 18.5 Å². The van der Waals surface area contributed by atoms with E-state index in [2.05, 4.69) is 29.4 Å². The van der Waals surface area contributed by atoms with E-state index in [1.165, 1.54) is 25.8 Å². The van der Waals surface area contributed by atoms with Crippen molar-refractivity contribution in [3.8, 4) is 0 Å². The predicted octanol–water partition coefficient (Wildman–Crippen LogP) is 1.64. The molecule has 1 aliphatic carbocycles. The Bertz CT molecular complexity index is 271. The normalized spacial score (nSPS) is 23.8. The molecule has 98 valence electrons. The van der Waals surface area contributed by atoms with Crippen LogP contribution in [0.3, 0.4) is 0 Å². The minimum Gasteiger partial charge on any atom is -0.340 e. The van der Waals surface area contributed by atoms with Gasteiger partial charge in [0.1, 0.15) is 0 Å². The van der Waals surface area contributed by atoms with Crippen LogP contribution < -0.4 is 0 Å². The first kappa shape index (κ1) is 13.2. The van der Waals surface area contributed by atoms with Gasteiger partial charge in [-0.2, -0.15) is 12.6 Å². The van der Waals surface area contributed by atoms with Crippen LogP contribution in [0.4, 0.5) is 0 Å². The van der Waals surface area contributed by atoms with Gasteiger partial charge >= 0.3 is 0 Å². The van der Waals surface area contributed by atoms with E-state index >= 15 is 0 Å². The molecule has 1 saturated carbocycles. The number of hydrogen-bond acceptors (Lipinski definition) is 3. The fourth-order valence-corrected chi connectivity index (χ4v) is 2.97. The molecule has 0 aromatic rings. The Kier molecular flexibility index (Phi) is 4.36. The Balaban J connectivity index is 1.74. The van der Waals surface area contributed by atoms with E-state index in [0.717, 1.165) is 38.4 Å². The van der Waals surface area contributed by atoms with Crippen molar-refractivity contribution in [3.63, 3.8) is 0 Å². The van der Waals surface area contributed by atoms with Gasteiger partial charge in [-0.15, -0.1) is 0 Å². The molecule has 0 bridgehead atoms. The lowest BCUT2D eigenvalue weighted by Gasteiger charge is -2.35. The summed E-state index contributed by atoms with van der Waals surface area (Å²) in [6.45, 7) is 7.31. The second-order valence-electron chi connectivity index (χ2n) is 5.56. The van der Waals surface area contributed by atoms with Gasteiger partial charge in [0.2, 0.25) is 5.91 Å². The summed E-state index contributed by atoms with van der Waals surface area (Å²) in [6.07, 6.45) is 4.32. The zero-order chi connectivity index (χ0) is 12.3. The zero-order valence-electron chi connectivity index (χ0n) is 10.8. The first-order chi connectivity index (χ1) is 8.19. The average molecular weight is 256 g/mol. The van der Waals surface area contributed by atoms with E-state index in [-0.39, 0.29) is 5.41 Å². The van der Waals surface area contributed by atoms with Crippen LogP contribution in [0, 0.1) is 5.41 Å². The zero-order valence-corrected chi connectivity index (χ0v) is 11.7. The number of amides is 1. The van der Waals surface area contributed by atoms with Gasteiger partial charge in [-0.3, -0.25) is 9.69 Å². The predicted molar refractivity (Wildman–Crippen MR) is 73.4 cm³/mol. The number of nitrogens with zero attached hydrogens (tertiary/aromatic N) is 2. The molecule has 1 saturated heterocycles. The smallest absolute Gasteiger partial charge is 0.223 e. The van der Waals surface area contributed by atoms with Gasteiger partial charge < -0.3 is 4.90 Å². The maximum absolute atomic E-state index is 12.2. The van der Waals surface area contributed by atoms with Crippen molar-refractivity contribution in [2.75, 3.05) is 38.5 Å². The molecule has 3 nitrogen and oxygen atoms in total. The van der Waals surface area contributed by atoms with Crippen LogP contribution in [-0.4, -0.2) is 54.2 Å². The Labute approximate surface area is 110 Å². The summed E-state index contributed by atoms with van der Waals surface area (Å²) in [5.74, 6) is 1.22. The summed E-state index contributed by atoms with van der Waals surface area (Å²) < 4.78 is 0. The van der Waals surface area contributed by atoms with Crippen LogP contribution in [-0.2, 0) is 4.79 Å². The van der Waals surface area contributed by atoms with Crippen LogP contribution in [0.25, 0.3) is 0 Å². The molecule has 2 fully saturated rings. The Morgan fingerprint density at radius 2 is 1.88 bits per heavy atom. The standard InChI is InChI=1S/C13H24N2OS/c1-2-5-14-6-8-15(9-7-14)12(16)10-13(11-17)3-4-13/h17H,2-11H2,1H3. The molecule has 0 N–H and O–H groups in total. The van der Waals surface area contributed by atoms with Gasteiger partial charge in [0.25, 0.3) is 0 Å². The molecule has 0 aromatic heterocycles. The Morgan fingerprint density at radius 1 is 1.24 bits per heavy atom. The Morgan fingerprint density at radius 3 is 2.35 bits per heavy atom. The minimum absolute atomic E-state index is 0.265. The molecule has 0 radical (unpaired) electrons. The van der Waals surface area contributed by atoms with E-state index < -0.39 is 0 Å². The molecular formula is C13H24N2OS. The fraction of sp³-hybridized carbons (Fsp3) is 0.923. The van der Waals surface area contributed by atoms with E-state index in [1.807, 2.05) is 0 Å². The molecule has 2 rings (SSSR count). The van der Waals surface area contributed by atoms with Crippen molar-refractivity contribution < 1.29 is 4.79 Å². The molecule has 1 aliphatic heterocycles. The van der Waals surface area contributed by atoms with Gasteiger partial charge in [0.05, 0.1) is 0 Å². The monoisotopic (exact) mass is 256 g/mol. The lowest BCUT2D eigenvalue weighted by atomic mass is 10.0. The highest BCUT2D eigenvalue weighted by Crippen LogP contribution is 2.49. The van der Waals surface area contributed by atoms with Crippen LogP contribution in [0.1, 0.15) is 32.6 Å². The third-order valence-corrected chi connectivity index (χ3v) is 4.75. The van der Waals surface area contributed by atoms with Crippen molar-refractivity contribution in [3.05, 3.63) is 0 Å². The van der Waals surface area contributed by atoms with Crippen molar-refractivity contribution in [2.24, 2.45) is 5.41 Å². The van der Waals surface area contributed by atoms with Crippen molar-refractivity contribution in [2.45, 2.75) is 32.6 Å². The third-order valence-electron chi connectivity index (χ3n) is 4.08. The van der Waals surface area contributed by atoms with Crippen molar-refractivity contribution in [1.82, 2.24) is 9.80 Å². The van der Waals surface area contributed by atoms with E-state index in [0.29, 0.717) is 5.91 Å². The molecule has 0 spiro atoms. The number of piperazine rings is 1. The molecule has 1 amide bonds. The summed E-state index contributed by atoms with van der Waals surface area (Å²) in [4.78, 5) is 16.7. The molecule has 2 aliphatic rings. The van der Waals surface area contributed by atoms with E-state index in [4.69, 9.17) is 0 Å². The number of rotatable bonds is 5. The number of thiol groups is 1. The van der Waals surface area contributed by atoms with Crippen molar-refractivity contribution in [1.29, 1.82) is 0 Å². The van der Waals surface area contributed by atoms with Crippen LogP contribution in [0.5, 0.6) is 0 Å². The van der Waals surface area contributed by atoms with Gasteiger partial charge in [0, 0.05) is 32.6 Å². The first-order valence-electron chi connectivity index (χ1n) is 6.80. The summed E-state index contributed by atoms with van der Waals surface area (Å²) in [5, 5.41) is 0. The maximum Gasteiger partial charge on any atom is 0.223 e. The molecule has 4 heteroatoms. The highest BCUT2D eigenvalue weighted by atomic mass is 32.1. The number of hydrogen-bond donors (Lipinski definition) is 1. The van der Waals surface area contributed by atoms with Crippen LogP contribution in [0.2, 0.25) is 0 Å². The van der Waals surface area contributed by atoms with E-state index in [1.54, 1.807) is 0 Å². The topological polar surface area (TPSA) is 23.6 Å².